The number of imidazole rings is 1. The molecule has 2 saturated heterocycles. The van der Waals surface area contributed by atoms with E-state index in [2.05, 4.69) is 20.2 Å². The molecule has 6 heteroatoms. The second-order valence-electron chi connectivity index (χ2n) is 6.47. The number of likely N-dealkylation sites (tertiary alicyclic amines) is 1. The van der Waals surface area contributed by atoms with Crippen LogP contribution in [0.1, 0.15) is 24.6 Å². The molecule has 23 heavy (non-hydrogen) atoms. The molecule has 1 atom stereocenters. The van der Waals surface area contributed by atoms with Crippen molar-refractivity contribution in [3.8, 4) is 0 Å². The zero-order chi connectivity index (χ0) is 15.6. The van der Waals surface area contributed by atoms with E-state index in [9.17, 15) is 4.79 Å². The number of amides is 1. The van der Waals surface area contributed by atoms with Crippen LogP contribution in [0.15, 0.2) is 24.3 Å². The molecule has 1 amide bonds. The van der Waals surface area contributed by atoms with Gasteiger partial charge in [0, 0.05) is 32.2 Å². The standard InChI is InChI=1S/C17H22N4O2/c22-16(18-8-13-4-3-7-23-13)11-21-9-12(10-21)17-19-14-5-1-2-6-15(14)20-17/h1-2,5-6,12-13H,3-4,7-11H2,(H,18,22)(H,19,20). The lowest BCUT2D eigenvalue weighted by Crippen LogP contribution is -2.50. The Morgan fingerprint density at radius 3 is 3.04 bits per heavy atom. The highest BCUT2D eigenvalue weighted by molar-refractivity contribution is 5.78. The lowest BCUT2D eigenvalue weighted by Gasteiger charge is -2.37. The maximum absolute atomic E-state index is 12.0. The fraction of sp³-hybridized carbons (Fsp3) is 0.529. The van der Waals surface area contributed by atoms with Crippen LogP contribution in [0.5, 0.6) is 0 Å². The van der Waals surface area contributed by atoms with E-state index in [1.54, 1.807) is 0 Å². The molecule has 0 aliphatic carbocycles. The summed E-state index contributed by atoms with van der Waals surface area (Å²) in [7, 11) is 0. The van der Waals surface area contributed by atoms with Crippen LogP contribution in [0.4, 0.5) is 0 Å². The number of ether oxygens (including phenoxy) is 1. The predicted molar refractivity (Wildman–Crippen MR) is 87.3 cm³/mol. The molecule has 1 unspecified atom stereocenters. The normalized spacial score (nSPS) is 22.3. The van der Waals surface area contributed by atoms with Crippen molar-refractivity contribution in [1.82, 2.24) is 20.2 Å². The molecular formula is C17H22N4O2. The molecule has 0 saturated carbocycles. The maximum atomic E-state index is 12.0. The van der Waals surface area contributed by atoms with Gasteiger partial charge in [-0.2, -0.15) is 0 Å². The summed E-state index contributed by atoms with van der Waals surface area (Å²) in [5, 5.41) is 2.97. The Morgan fingerprint density at radius 1 is 1.39 bits per heavy atom. The van der Waals surface area contributed by atoms with Gasteiger partial charge in [0.25, 0.3) is 0 Å². The Kier molecular flexibility index (Phi) is 4.01. The third-order valence-corrected chi connectivity index (χ3v) is 4.67. The molecule has 122 valence electrons. The first-order chi connectivity index (χ1) is 11.3. The summed E-state index contributed by atoms with van der Waals surface area (Å²) in [4.78, 5) is 22.1. The summed E-state index contributed by atoms with van der Waals surface area (Å²) in [6, 6.07) is 8.07. The molecule has 2 aromatic rings. The van der Waals surface area contributed by atoms with Gasteiger partial charge in [0.1, 0.15) is 5.82 Å². The molecule has 0 spiro atoms. The molecule has 2 fully saturated rings. The van der Waals surface area contributed by atoms with Crippen LogP contribution in [-0.4, -0.2) is 59.7 Å². The smallest absolute Gasteiger partial charge is 0.234 e. The van der Waals surface area contributed by atoms with Crippen molar-refractivity contribution in [3.05, 3.63) is 30.1 Å². The molecule has 1 aromatic heterocycles. The van der Waals surface area contributed by atoms with Gasteiger partial charge in [-0.3, -0.25) is 9.69 Å². The largest absolute Gasteiger partial charge is 0.376 e. The van der Waals surface area contributed by atoms with E-state index in [0.717, 1.165) is 49.4 Å². The molecule has 2 aliphatic rings. The number of para-hydroxylation sites is 2. The highest BCUT2D eigenvalue weighted by atomic mass is 16.5. The minimum absolute atomic E-state index is 0.0866. The van der Waals surface area contributed by atoms with Gasteiger partial charge in [0.15, 0.2) is 0 Å². The average molecular weight is 314 g/mol. The lowest BCUT2D eigenvalue weighted by molar-refractivity contribution is -0.123. The van der Waals surface area contributed by atoms with Crippen LogP contribution in [0.25, 0.3) is 11.0 Å². The summed E-state index contributed by atoms with van der Waals surface area (Å²) in [5.41, 5.74) is 2.09. The zero-order valence-electron chi connectivity index (χ0n) is 13.1. The zero-order valence-corrected chi connectivity index (χ0v) is 13.1. The number of aromatic nitrogens is 2. The van der Waals surface area contributed by atoms with Gasteiger partial charge in [-0.15, -0.1) is 0 Å². The SMILES string of the molecule is O=C(CN1CC(c2nc3ccccc3[nH]2)C1)NCC1CCCO1. The molecule has 2 N–H and O–H groups in total. The Morgan fingerprint density at radius 2 is 2.26 bits per heavy atom. The number of H-pyrrole nitrogens is 1. The second-order valence-corrected chi connectivity index (χ2v) is 6.47. The minimum atomic E-state index is 0.0866. The van der Waals surface area contributed by atoms with Crippen LogP contribution < -0.4 is 5.32 Å². The Hall–Kier alpha value is -1.92. The van der Waals surface area contributed by atoms with Crippen LogP contribution in [0, 0.1) is 0 Å². The topological polar surface area (TPSA) is 70.2 Å². The summed E-state index contributed by atoms with van der Waals surface area (Å²) in [6.07, 6.45) is 2.36. The average Bonchev–Trinajstić information content (AvgIpc) is 3.16. The van der Waals surface area contributed by atoms with Gasteiger partial charge in [0.05, 0.1) is 23.7 Å². The summed E-state index contributed by atoms with van der Waals surface area (Å²) >= 11 is 0. The summed E-state index contributed by atoms with van der Waals surface area (Å²) < 4.78 is 5.51. The number of carbonyl (C=O) groups is 1. The number of hydrogen-bond donors (Lipinski definition) is 2. The van der Waals surface area contributed by atoms with Gasteiger partial charge in [0.2, 0.25) is 5.91 Å². The molecule has 3 heterocycles. The Labute approximate surface area is 135 Å². The lowest BCUT2D eigenvalue weighted by atomic mass is 9.99. The highest BCUT2D eigenvalue weighted by Gasteiger charge is 2.31. The minimum Gasteiger partial charge on any atom is -0.376 e. The van der Waals surface area contributed by atoms with Crippen molar-refractivity contribution in [1.29, 1.82) is 0 Å². The van der Waals surface area contributed by atoms with E-state index in [-0.39, 0.29) is 12.0 Å². The van der Waals surface area contributed by atoms with E-state index in [4.69, 9.17) is 4.74 Å². The summed E-state index contributed by atoms with van der Waals surface area (Å²) in [5.74, 6) is 1.51. The first-order valence-corrected chi connectivity index (χ1v) is 8.33. The Bertz CT molecular complexity index is 654. The third kappa shape index (κ3) is 3.23. The van der Waals surface area contributed by atoms with Crippen molar-refractivity contribution < 1.29 is 9.53 Å². The van der Waals surface area contributed by atoms with Gasteiger partial charge >= 0.3 is 0 Å². The van der Waals surface area contributed by atoms with E-state index < -0.39 is 0 Å². The van der Waals surface area contributed by atoms with Crippen molar-refractivity contribution >= 4 is 16.9 Å². The van der Waals surface area contributed by atoms with E-state index in [1.165, 1.54) is 0 Å². The number of nitrogens with one attached hydrogen (secondary N) is 2. The van der Waals surface area contributed by atoms with Gasteiger partial charge in [-0.25, -0.2) is 4.98 Å². The van der Waals surface area contributed by atoms with E-state index >= 15 is 0 Å². The van der Waals surface area contributed by atoms with Crippen LogP contribution in [0.3, 0.4) is 0 Å². The molecule has 2 aliphatic heterocycles. The number of carbonyl (C=O) groups excluding carboxylic acids is 1. The number of hydrogen-bond acceptors (Lipinski definition) is 4. The predicted octanol–water partition coefficient (Wildman–Crippen LogP) is 1.26. The monoisotopic (exact) mass is 314 g/mol. The molecule has 6 nitrogen and oxygen atoms in total. The third-order valence-electron chi connectivity index (χ3n) is 4.67. The quantitative estimate of drug-likeness (QED) is 0.871. The number of nitrogens with zero attached hydrogens (tertiary/aromatic N) is 2. The molecule has 1 aromatic carbocycles. The van der Waals surface area contributed by atoms with Crippen molar-refractivity contribution in [2.75, 3.05) is 32.8 Å². The maximum Gasteiger partial charge on any atom is 0.234 e. The second kappa shape index (κ2) is 6.29. The van der Waals surface area contributed by atoms with Crippen LogP contribution in [0.2, 0.25) is 0 Å². The fourth-order valence-corrected chi connectivity index (χ4v) is 3.33. The van der Waals surface area contributed by atoms with E-state index in [0.29, 0.717) is 19.0 Å². The van der Waals surface area contributed by atoms with Gasteiger partial charge in [-0.1, -0.05) is 12.1 Å². The highest BCUT2D eigenvalue weighted by Crippen LogP contribution is 2.26. The van der Waals surface area contributed by atoms with Crippen molar-refractivity contribution in [2.45, 2.75) is 24.9 Å². The first kappa shape index (κ1) is 14.7. The number of fused-ring (bicyclic) bond motifs is 1. The van der Waals surface area contributed by atoms with Gasteiger partial charge < -0.3 is 15.0 Å². The van der Waals surface area contributed by atoms with Crippen molar-refractivity contribution in [2.24, 2.45) is 0 Å². The fourth-order valence-electron chi connectivity index (χ4n) is 3.33. The van der Waals surface area contributed by atoms with Gasteiger partial charge in [-0.05, 0) is 25.0 Å². The molecular weight excluding hydrogens is 292 g/mol. The molecule has 4 rings (SSSR count). The van der Waals surface area contributed by atoms with E-state index in [1.807, 2.05) is 24.3 Å². The Balaban J connectivity index is 1.23. The number of rotatable bonds is 5. The van der Waals surface area contributed by atoms with Crippen LogP contribution >= 0.6 is 0 Å². The van der Waals surface area contributed by atoms with Crippen molar-refractivity contribution in [3.63, 3.8) is 0 Å². The molecule has 0 radical (unpaired) electrons. The molecule has 0 bridgehead atoms. The summed E-state index contributed by atoms with van der Waals surface area (Å²) in [6.45, 7) is 3.69. The number of benzene rings is 1. The first-order valence-electron chi connectivity index (χ1n) is 8.33. The van der Waals surface area contributed by atoms with Crippen LogP contribution in [-0.2, 0) is 9.53 Å². The number of aromatic amines is 1.